The van der Waals surface area contributed by atoms with Crippen molar-refractivity contribution in [2.24, 2.45) is 0 Å². The zero-order chi connectivity index (χ0) is 13.8. The molecule has 0 amide bonds. The van der Waals surface area contributed by atoms with Crippen LogP contribution in [0.25, 0.3) is 0 Å². The Hall–Kier alpha value is -1.45. The van der Waals surface area contributed by atoms with E-state index >= 15 is 0 Å². The van der Waals surface area contributed by atoms with Gasteiger partial charge in [0.1, 0.15) is 12.4 Å². The van der Waals surface area contributed by atoms with Crippen LogP contribution in [0.3, 0.4) is 0 Å². The summed E-state index contributed by atoms with van der Waals surface area (Å²) in [5.74, 6) is 0.680. The molecule has 2 aromatic carbocycles. The molecule has 4 heteroatoms. The number of rotatable bonds is 4. The highest BCUT2D eigenvalue weighted by Crippen LogP contribution is 2.23. The summed E-state index contributed by atoms with van der Waals surface area (Å²) in [7, 11) is 0. The van der Waals surface area contributed by atoms with Crippen LogP contribution in [-0.2, 0) is 6.61 Å². The van der Waals surface area contributed by atoms with Crippen molar-refractivity contribution in [3.63, 3.8) is 0 Å². The van der Waals surface area contributed by atoms with E-state index in [0.717, 1.165) is 11.1 Å². The molecule has 0 aliphatic rings. The lowest BCUT2D eigenvalue weighted by Gasteiger charge is -2.11. The van der Waals surface area contributed by atoms with Gasteiger partial charge in [0.05, 0.1) is 0 Å². The first-order valence-corrected chi connectivity index (χ1v) is 6.60. The summed E-state index contributed by atoms with van der Waals surface area (Å²) in [6.45, 7) is 2.25. The second-order valence-corrected chi connectivity index (χ2v) is 5.00. The number of hydrogen-bond acceptors (Lipinski definition) is 2. The summed E-state index contributed by atoms with van der Waals surface area (Å²) >= 11 is 9.76. The Balaban J connectivity index is 2.16. The predicted molar refractivity (Wildman–Crippen MR) is 80.3 cm³/mol. The van der Waals surface area contributed by atoms with Crippen LogP contribution in [0, 0.1) is 6.92 Å². The SMILES string of the molecule is Cc1c(OCc2cccc(Cl)c2)cccc1C(=O)S. The first kappa shape index (κ1) is 14.0. The molecule has 2 nitrogen and oxygen atoms in total. The zero-order valence-corrected chi connectivity index (χ0v) is 12.0. The van der Waals surface area contributed by atoms with Crippen molar-refractivity contribution in [1.82, 2.24) is 0 Å². The average Bonchev–Trinajstić information content (AvgIpc) is 2.37. The largest absolute Gasteiger partial charge is 0.489 e. The molecule has 19 heavy (non-hydrogen) atoms. The van der Waals surface area contributed by atoms with Crippen LogP contribution in [0.5, 0.6) is 5.75 Å². The molecule has 0 heterocycles. The van der Waals surface area contributed by atoms with Crippen LogP contribution < -0.4 is 4.74 Å². The van der Waals surface area contributed by atoms with E-state index in [4.69, 9.17) is 16.3 Å². The lowest BCUT2D eigenvalue weighted by atomic mass is 10.1. The third kappa shape index (κ3) is 3.52. The molecule has 0 aromatic heterocycles. The Morgan fingerprint density at radius 3 is 2.68 bits per heavy atom. The molecule has 0 spiro atoms. The third-order valence-electron chi connectivity index (χ3n) is 2.80. The molecule has 2 aromatic rings. The summed E-state index contributed by atoms with van der Waals surface area (Å²) in [5.41, 5.74) is 2.34. The van der Waals surface area contributed by atoms with E-state index in [1.165, 1.54) is 0 Å². The lowest BCUT2D eigenvalue weighted by molar-refractivity contribution is 0.109. The Labute approximate surface area is 122 Å². The van der Waals surface area contributed by atoms with Crippen LogP contribution >= 0.6 is 24.2 Å². The number of ether oxygens (including phenoxy) is 1. The molecule has 0 fully saturated rings. The van der Waals surface area contributed by atoms with Gasteiger partial charge in [0.25, 0.3) is 0 Å². The van der Waals surface area contributed by atoms with E-state index in [2.05, 4.69) is 12.6 Å². The first-order valence-electron chi connectivity index (χ1n) is 5.78. The van der Waals surface area contributed by atoms with E-state index in [1.54, 1.807) is 12.1 Å². The van der Waals surface area contributed by atoms with Crippen LogP contribution in [0.1, 0.15) is 21.5 Å². The smallest absolute Gasteiger partial charge is 0.216 e. The summed E-state index contributed by atoms with van der Waals surface area (Å²) < 4.78 is 5.72. The molecule has 0 atom stereocenters. The molecule has 0 N–H and O–H groups in total. The minimum atomic E-state index is -0.259. The second kappa shape index (κ2) is 6.13. The Kier molecular flexibility index (Phi) is 4.51. The minimum Gasteiger partial charge on any atom is -0.489 e. The topological polar surface area (TPSA) is 26.3 Å². The molecule has 0 aliphatic heterocycles. The van der Waals surface area contributed by atoms with Crippen molar-refractivity contribution in [2.45, 2.75) is 13.5 Å². The van der Waals surface area contributed by atoms with Crippen LogP contribution in [0.4, 0.5) is 0 Å². The monoisotopic (exact) mass is 292 g/mol. The molecular weight excluding hydrogens is 280 g/mol. The fraction of sp³-hybridized carbons (Fsp3) is 0.133. The van der Waals surface area contributed by atoms with Gasteiger partial charge in [-0.25, -0.2) is 0 Å². The second-order valence-electron chi connectivity index (χ2n) is 4.15. The summed E-state index contributed by atoms with van der Waals surface area (Å²) in [4.78, 5) is 11.3. The number of benzene rings is 2. The number of carbonyl (C=O) groups excluding carboxylic acids is 1. The van der Waals surface area contributed by atoms with Gasteiger partial charge >= 0.3 is 0 Å². The minimum absolute atomic E-state index is 0.259. The molecule has 0 unspecified atom stereocenters. The van der Waals surface area contributed by atoms with Gasteiger partial charge in [0, 0.05) is 16.1 Å². The first-order chi connectivity index (χ1) is 9.08. The molecule has 0 saturated heterocycles. The van der Waals surface area contributed by atoms with E-state index in [1.807, 2.05) is 37.3 Å². The highest BCUT2D eigenvalue weighted by Gasteiger charge is 2.09. The maximum absolute atomic E-state index is 11.3. The Morgan fingerprint density at radius 1 is 1.26 bits per heavy atom. The Morgan fingerprint density at radius 2 is 2.00 bits per heavy atom. The van der Waals surface area contributed by atoms with Crippen molar-refractivity contribution in [1.29, 1.82) is 0 Å². The molecule has 0 radical (unpaired) electrons. The van der Waals surface area contributed by atoms with Crippen LogP contribution in [-0.4, -0.2) is 5.12 Å². The maximum atomic E-state index is 11.3. The molecule has 98 valence electrons. The highest BCUT2D eigenvalue weighted by atomic mass is 35.5. The third-order valence-corrected chi connectivity index (χ3v) is 3.27. The molecule has 0 saturated carbocycles. The fourth-order valence-electron chi connectivity index (χ4n) is 1.79. The van der Waals surface area contributed by atoms with Crippen LogP contribution in [0.15, 0.2) is 42.5 Å². The van der Waals surface area contributed by atoms with E-state index in [9.17, 15) is 4.79 Å². The van der Waals surface area contributed by atoms with Crippen molar-refractivity contribution in [3.05, 3.63) is 64.2 Å². The van der Waals surface area contributed by atoms with Crippen LogP contribution in [0.2, 0.25) is 5.02 Å². The zero-order valence-electron chi connectivity index (χ0n) is 10.4. The van der Waals surface area contributed by atoms with Gasteiger partial charge in [0.2, 0.25) is 5.12 Å². The quantitative estimate of drug-likeness (QED) is 0.851. The van der Waals surface area contributed by atoms with E-state index in [0.29, 0.717) is 22.9 Å². The molecular formula is C15H13ClO2S. The van der Waals surface area contributed by atoms with Crippen molar-refractivity contribution >= 4 is 29.3 Å². The average molecular weight is 293 g/mol. The van der Waals surface area contributed by atoms with Gasteiger partial charge in [-0.05, 0) is 36.8 Å². The fourth-order valence-corrected chi connectivity index (χ4v) is 2.25. The normalized spacial score (nSPS) is 10.3. The summed E-state index contributed by atoms with van der Waals surface area (Å²) in [6.07, 6.45) is 0. The van der Waals surface area contributed by atoms with Gasteiger partial charge in [0.15, 0.2) is 0 Å². The number of carbonyl (C=O) groups is 1. The molecule has 0 aliphatic carbocycles. The van der Waals surface area contributed by atoms with Gasteiger partial charge < -0.3 is 4.74 Å². The van der Waals surface area contributed by atoms with E-state index in [-0.39, 0.29) is 5.12 Å². The molecule has 0 bridgehead atoms. The van der Waals surface area contributed by atoms with Gasteiger partial charge in [-0.2, -0.15) is 0 Å². The summed E-state index contributed by atoms with van der Waals surface area (Å²) in [5, 5.41) is 0.419. The standard InChI is InChI=1S/C15H13ClO2S/c1-10-13(15(17)19)6-3-7-14(10)18-9-11-4-2-5-12(16)8-11/h2-8H,9H2,1H3,(H,17,19). The maximum Gasteiger partial charge on any atom is 0.216 e. The molecule has 2 rings (SSSR count). The van der Waals surface area contributed by atoms with Gasteiger partial charge in [-0.15, -0.1) is 12.6 Å². The van der Waals surface area contributed by atoms with Crippen molar-refractivity contribution < 1.29 is 9.53 Å². The highest BCUT2D eigenvalue weighted by molar-refractivity contribution is 7.97. The van der Waals surface area contributed by atoms with E-state index < -0.39 is 0 Å². The lowest BCUT2D eigenvalue weighted by Crippen LogP contribution is -2.00. The Bertz CT molecular complexity index is 611. The number of thiol groups is 1. The number of hydrogen-bond donors (Lipinski definition) is 1. The summed E-state index contributed by atoms with van der Waals surface area (Å²) in [6, 6.07) is 12.8. The van der Waals surface area contributed by atoms with Gasteiger partial charge in [-0.3, -0.25) is 4.79 Å². The van der Waals surface area contributed by atoms with Crippen molar-refractivity contribution in [2.75, 3.05) is 0 Å². The number of halogens is 1. The van der Waals surface area contributed by atoms with Gasteiger partial charge in [-0.1, -0.05) is 29.8 Å². The van der Waals surface area contributed by atoms with Crippen molar-refractivity contribution in [3.8, 4) is 5.75 Å². The predicted octanol–water partition coefficient (Wildman–Crippen LogP) is 4.30.